The first-order chi connectivity index (χ1) is 14.1. The quantitative estimate of drug-likeness (QED) is 0.287. The summed E-state index contributed by atoms with van der Waals surface area (Å²) in [5, 5.41) is 20.7. The fraction of sp³-hybridized carbons (Fsp3) is 1.00. The summed E-state index contributed by atoms with van der Waals surface area (Å²) in [6.07, 6.45) is 0.535. The topological polar surface area (TPSA) is 58.9 Å². The van der Waals surface area contributed by atoms with Crippen molar-refractivity contribution in [1.29, 1.82) is 0 Å². The molecular formula is C26H58O4Si2. The minimum absolute atomic E-state index is 0.00343. The SMILES string of the molecule is CC(O)C(C)C(O[Si](C)(C)C(C)(C)C)C(C)CC(C)C(O[Si](C)(C)C(C)(C)C)C(C)CO. The summed E-state index contributed by atoms with van der Waals surface area (Å²) in [4.78, 5) is 0. The van der Waals surface area contributed by atoms with Crippen LogP contribution in [0.25, 0.3) is 0 Å². The van der Waals surface area contributed by atoms with Gasteiger partial charge in [-0.15, -0.1) is 0 Å². The number of hydrogen-bond donors (Lipinski definition) is 2. The van der Waals surface area contributed by atoms with E-state index >= 15 is 0 Å². The largest absolute Gasteiger partial charge is 0.413 e. The van der Waals surface area contributed by atoms with Crippen LogP contribution in [0.3, 0.4) is 0 Å². The van der Waals surface area contributed by atoms with Crippen LogP contribution in [-0.4, -0.2) is 51.8 Å². The number of aliphatic hydroxyl groups is 2. The van der Waals surface area contributed by atoms with Crippen LogP contribution < -0.4 is 0 Å². The molecule has 194 valence electrons. The van der Waals surface area contributed by atoms with Gasteiger partial charge in [-0.25, -0.2) is 0 Å². The molecule has 0 aliphatic carbocycles. The molecule has 7 atom stereocenters. The Morgan fingerprint density at radius 2 is 1.00 bits per heavy atom. The zero-order valence-electron chi connectivity index (χ0n) is 24.2. The molecule has 0 rings (SSSR count). The summed E-state index contributed by atoms with van der Waals surface area (Å²) in [5.74, 6) is 0.703. The maximum absolute atomic E-state index is 10.4. The van der Waals surface area contributed by atoms with Crippen molar-refractivity contribution in [2.45, 2.75) is 137 Å². The minimum atomic E-state index is -1.98. The van der Waals surface area contributed by atoms with Gasteiger partial charge in [-0.1, -0.05) is 69.2 Å². The first-order valence-electron chi connectivity index (χ1n) is 12.7. The van der Waals surface area contributed by atoms with E-state index in [1.807, 2.05) is 6.92 Å². The molecule has 6 heteroatoms. The summed E-state index contributed by atoms with van der Waals surface area (Å²) in [7, 11) is -3.95. The average molecular weight is 491 g/mol. The third-order valence-corrected chi connectivity index (χ3v) is 17.4. The number of aliphatic hydroxyl groups excluding tert-OH is 2. The van der Waals surface area contributed by atoms with Gasteiger partial charge in [0.2, 0.25) is 0 Å². The predicted octanol–water partition coefficient (Wildman–Crippen LogP) is 7.07. The van der Waals surface area contributed by atoms with E-state index in [4.69, 9.17) is 8.85 Å². The zero-order chi connectivity index (χ0) is 25.9. The van der Waals surface area contributed by atoms with Gasteiger partial charge >= 0.3 is 0 Å². The van der Waals surface area contributed by atoms with Gasteiger partial charge in [0.05, 0.1) is 18.3 Å². The van der Waals surface area contributed by atoms with Gasteiger partial charge in [-0.05, 0) is 61.4 Å². The summed E-state index contributed by atoms with van der Waals surface area (Å²) >= 11 is 0. The monoisotopic (exact) mass is 490 g/mol. The molecular weight excluding hydrogens is 432 g/mol. The molecule has 0 aromatic carbocycles. The second-order valence-corrected chi connectivity index (χ2v) is 23.1. The third-order valence-electron chi connectivity index (χ3n) is 8.47. The van der Waals surface area contributed by atoms with E-state index in [0.29, 0.717) is 0 Å². The first kappa shape index (κ1) is 32.3. The maximum Gasteiger partial charge on any atom is 0.192 e. The lowest BCUT2D eigenvalue weighted by Crippen LogP contribution is -2.50. The van der Waals surface area contributed by atoms with Crippen molar-refractivity contribution >= 4 is 16.6 Å². The summed E-state index contributed by atoms with van der Waals surface area (Å²) in [5.41, 5.74) is 0. The van der Waals surface area contributed by atoms with Gasteiger partial charge in [0.25, 0.3) is 0 Å². The van der Waals surface area contributed by atoms with E-state index in [-0.39, 0.29) is 52.6 Å². The first-order valence-corrected chi connectivity index (χ1v) is 18.5. The Hall–Kier alpha value is 0.274. The second kappa shape index (κ2) is 11.8. The fourth-order valence-electron chi connectivity index (χ4n) is 3.80. The van der Waals surface area contributed by atoms with Crippen molar-refractivity contribution in [3.63, 3.8) is 0 Å². The molecule has 0 aromatic rings. The molecule has 0 aliphatic heterocycles. The Balaban J connectivity index is 5.80. The summed E-state index contributed by atoms with van der Waals surface area (Å²) in [6, 6.07) is 0. The standard InChI is InChI=1S/C26H58O4Si2/c1-18(23(20(3)17-27)29-31(12,13)25(6,7)8)16-19(2)24(21(4)22(5)28)30-32(14,15)26(9,10)11/h18-24,27-28H,16-17H2,1-15H3. The van der Waals surface area contributed by atoms with Gasteiger partial charge in [0.1, 0.15) is 0 Å². The van der Waals surface area contributed by atoms with Gasteiger partial charge in [0.15, 0.2) is 16.6 Å². The lowest BCUT2D eigenvalue weighted by atomic mass is 9.81. The lowest BCUT2D eigenvalue weighted by molar-refractivity contribution is -0.0111. The van der Waals surface area contributed by atoms with Crippen LogP contribution in [0.15, 0.2) is 0 Å². The molecule has 0 aliphatic rings. The highest BCUT2D eigenvalue weighted by molar-refractivity contribution is 6.74. The van der Waals surface area contributed by atoms with Crippen molar-refractivity contribution in [2.75, 3.05) is 6.61 Å². The molecule has 0 spiro atoms. The third kappa shape index (κ3) is 8.81. The highest BCUT2D eigenvalue weighted by atomic mass is 28.4. The van der Waals surface area contributed by atoms with Crippen LogP contribution in [0.1, 0.15) is 82.6 Å². The van der Waals surface area contributed by atoms with E-state index in [0.717, 1.165) is 6.42 Å². The van der Waals surface area contributed by atoms with Crippen molar-refractivity contribution < 1.29 is 19.1 Å². The van der Waals surface area contributed by atoms with Crippen LogP contribution >= 0.6 is 0 Å². The molecule has 0 radical (unpaired) electrons. The average Bonchev–Trinajstić information content (AvgIpc) is 2.60. The fourth-order valence-corrected chi connectivity index (χ4v) is 6.78. The van der Waals surface area contributed by atoms with E-state index < -0.39 is 22.7 Å². The Kier molecular flexibility index (Phi) is 11.9. The van der Waals surface area contributed by atoms with Crippen molar-refractivity contribution in [3.8, 4) is 0 Å². The predicted molar refractivity (Wildman–Crippen MR) is 144 cm³/mol. The molecule has 4 nitrogen and oxygen atoms in total. The molecule has 0 saturated carbocycles. The van der Waals surface area contributed by atoms with Crippen LogP contribution in [0.2, 0.25) is 36.3 Å². The van der Waals surface area contributed by atoms with Crippen molar-refractivity contribution in [2.24, 2.45) is 23.7 Å². The highest BCUT2D eigenvalue weighted by Crippen LogP contribution is 2.42. The molecule has 0 saturated heterocycles. The molecule has 2 N–H and O–H groups in total. The molecule has 7 unspecified atom stereocenters. The lowest BCUT2D eigenvalue weighted by Gasteiger charge is -2.45. The highest BCUT2D eigenvalue weighted by Gasteiger charge is 2.44. The van der Waals surface area contributed by atoms with Crippen LogP contribution in [0.5, 0.6) is 0 Å². The summed E-state index contributed by atoms with van der Waals surface area (Å²) in [6.45, 7) is 33.5. The van der Waals surface area contributed by atoms with E-state index in [1.54, 1.807) is 0 Å². The van der Waals surface area contributed by atoms with Crippen molar-refractivity contribution in [3.05, 3.63) is 0 Å². The van der Waals surface area contributed by atoms with Gasteiger partial charge in [-0.2, -0.15) is 0 Å². The molecule has 0 aromatic heterocycles. The zero-order valence-corrected chi connectivity index (χ0v) is 26.2. The summed E-state index contributed by atoms with van der Waals surface area (Å²) < 4.78 is 13.8. The maximum atomic E-state index is 10.4. The van der Waals surface area contributed by atoms with Gasteiger partial charge in [0, 0.05) is 18.4 Å². The van der Waals surface area contributed by atoms with Crippen LogP contribution in [0.4, 0.5) is 0 Å². The van der Waals surface area contributed by atoms with Crippen molar-refractivity contribution in [1.82, 2.24) is 0 Å². The Morgan fingerprint density at radius 3 is 1.31 bits per heavy atom. The second-order valence-electron chi connectivity index (χ2n) is 13.6. The number of rotatable bonds is 12. The van der Waals surface area contributed by atoms with Gasteiger partial charge in [-0.3, -0.25) is 0 Å². The normalized spacial score (nSPS) is 20.9. The Labute approximate surface area is 203 Å². The van der Waals surface area contributed by atoms with E-state index in [2.05, 4.69) is 95.4 Å². The van der Waals surface area contributed by atoms with E-state index in [1.165, 1.54) is 0 Å². The molecule has 0 fully saturated rings. The smallest absolute Gasteiger partial charge is 0.192 e. The minimum Gasteiger partial charge on any atom is -0.413 e. The molecule has 0 bridgehead atoms. The van der Waals surface area contributed by atoms with E-state index in [9.17, 15) is 10.2 Å². The molecule has 0 heterocycles. The molecule has 0 amide bonds. The Bertz CT molecular complexity index is 549. The molecule has 32 heavy (non-hydrogen) atoms. The Morgan fingerprint density at radius 1 is 0.656 bits per heavy atom. The number of hydrogen-bond acceptors (Lipinski definition) is 4. The van der Waals surface area contributed by atoms with Crippen LogP contribution in [0, 0.1) is 23.7 Å². The van der Waals surface area contributed by atoms with Gasteiger partial charge < -0.3 is 19.1 Å². The van der Waals surface area contributed by atoms with Crippen LogP contribution in [-0.2, 0) is 8.85 Å².